The third-order valence-electron chi connectivity index (χ3n) is 3.56. The van der Waals surface area contributed by atoms with Crippen molar-refractivity contribution in [2.75, 3.05) is 19.0 Å². The molecule has 0 saturated carbocycles. The van der Waals surface area contributed by atoms with Gasteiger partial charge in [0.05, 0.1) is 19.1 Å². The molecule has 6 nitrogen and oxygen atoms in total. The van der Waals surface area contributed by atoms with Gasteiger partial charge in [0, 0.05) is 12.7 Å². The van der Waals surface area contributed by atoms with Crippen LogP contribution in [-0.4, -0.2) is 31.5 Å². The summed E-state index contributed by atoms with van der Waals surface area (Å²) in [5, 5.41) is 5.31. The zero-order valence-corrected chi connectivity index (χ0v) is 13.4. The van der Waals surface area contributed by atoms with Crippen molar-refractivity contribution in [3.63, 3.8) is 0 Å². The number of hydrogen-bond acceptors (Lipinski definition) is 4. The largest absolute Gasteiger partial charge is 0.493 e. The van der Waals surface area contributed by atoms with Crippen LogP contribution in [0.25, 0.3) is 0 Å². The molecule has 0 heterocycles. The molecule has 0 saturated heterocycles. The lowest BCUT2D eigenvalue weighted by molar-refractivity contribution is -0.121. The van der Waals surface area contributed by atoms with Crippen molar-refractivity contribution < 1.29 is 14.3 Å². The van der Waals surface area contributed by atoms with Crippen LogP contribution in [0.2, 0.25) is 0 Å². The average molecular weight is 307 g/mol. The second-order valence-electron chi connectivity index (χ2n) is 5.20. The molecular weight excluding hydrogens is 282 g/mol. The third-order valence-corrected chi connectivity index (χ3v) is 3.56. The van der Waals surface area contributed by atoms with Crippen molar-refractivity contribution in [3.8, 4) is 5.75 Å². The molecule has 0 aliphatic heterocycles. The predicted molar refractivity (Wildman–Crippen MR) is 86.7 cm³/mol. The molecule has 0 bridgehead atoms. The van der Waals surface area contributed by atoms with E-state index in [0.29, 0.717) is 24.5 Å². The number of amides is 2. The third kappa shape index (κ3) is 5.73. The van der Waals surface area contributed by atoms with Gasteiger partial charge in [-0.3, -0.25) is 9.59 Å². The Bertz CT molecular complexity index is 488. The van der Waals surface area contributed by atoms with Crippen molar-refractivity contribution in [1.29, 1.82) is 0 Å². The minimum Gasteiger partial charge on any atom is -0.493 e. The number of nitrogens with two attached hydrogens (primary N) is 1. The maximum Gasteiger partial charge on any atom is 0.241 e. The van der Waals surface area contributed by atoms with Gasteiger partial charge < -0.3 is 21.1 Å². The Morgan fingerprint density at radius 1 is 1.27 bits per heavy atom. The Labute approximate surface area is 131 Å². The highest BCUT2D eigenvalue weighted by molar-refractivity contribution is 5.94. The summed E-state index contributed by atoms with van der Waals surface area (Å²) in [4.78, 5) is 23.0. The van der Waals surface area contributed by atoms with E-state index < -0.39 is 6.04 Å². The van der Waals surface area contributed by atoms with Crippen molar-refractivity contribution in [2.45, 2.75) is 32.7 Å². The van der Waals surface area contributed by atoms with E-state index in [4.69, 9.17) is 10.5 Å². The highest BCUT2D eigenvalue weighted by Crippen LogP contribution is 2.17. The zero-order chi connectivity index (χ0) is 16.5. The van der Waals surface area contributed by atoms with Gasteiger partial charge in [0.2, 0.25) is 11.8 Å². The summed E-state index contributed by atoms with van der Waals surface area (Å²) in [6.07, 6.45) is 1.16. The fourth-order valence-electron chi connectivity index (χ4n) is 1.76. The van der Waals surface area contributed by atoms with Crippen molar-refractivity contribution in [1.82, 2.24) is 5.32 Å². The highest BCUT2D eigenvalue weighted by Gasteiger charge is 2.19. The minimum absolute atomic E-state index is 0.0667. The molecule has 2 unspecified atom stereocenters. The van der Waals surface area contributed by atoms with Crippen molar-refractivity contribution in [3.05, 3.63) is 24.3 Å². The van der Waals surface area contributed by atoms with Gasteiger partial charge in [-0.05, 0) is 30.2 Å². The van der Waals surface area contributed by atoms with Crippen LogP contribution < -0.4 is 21.1 Å². The quantitative estimate of drug-likeness (QED) is 0.678. The normalized spacial score (nSPS) is 13.1. The van der Waals surface area contributed by atoms with Crippen molar-refractivity contribution >= 4 is 17.5 Å². The summed E-state index contributed by atoms with van der Waals surface area (Å²) in [6.45, 7) is 4.26. The van der Waals surface area contributed by atoms with Crippen LogP contribution in [0.3, 0.4) is 0 Å². The summed E-state index contributed by atoms with van der Waals surface area (Å²) < 4.78 is 5.44. The van der Waals surface area contributed by atoms with Gasteiger partial charge >= 0.3 is 0 Å². The SMILES string of the molecule is CCC(C)C(N)C(=O)Nc1ccc(OCCC(=O)NC)cc1. The summed E-state index contributed by atoms with van der Waals surface area (Å²) in [7, 11) is 1.59. The van der Waals surface area contributed by atoms with Crippen LogP contribution in [0.15, 0.2) is 24.3 Å². The zero-order valence-electron chi connectivity index (χ0n) is 13.4. The first-order chi connectivity index (χ1) is 10.5. The molecule has 0 aliphatic rings. The first kappa shape index (κ1) is 18.0. The van der Waals surface area contributed by atoms with E-state index in [-0.39, 0.29) is 17.7 Å². The molecule has 0 spiro atoms. The number of nitrogens with one attached hydrogen (secondary N) is 2. The lowest BCUT2D eigenvalue weighted by Crippen LogP contribution is -2.40. The topological polar surface area (TPSA) is 93.5 Å². The van der Waals surface area contributed by atoms with Gasteiger partial charge in [0.15, 0.2) is 0 Å². The smallest absolute Gasteiger partial charge is 0.241 e. The van der Waals surface area contributed by atoms with Gasteiger partial charge in [-0.25, -0.2) is 0 Å². The summed E-state index contributed by atoms with van der Waals surface area (Å²) >= 11 is 0. The molecule has 0 aromatic heterocycles. The number of anilines is 1. The van der Waals surface area contributed by atoms with Crippen LogP contribution in [-0.2, 0) is 9.59 Å². The number of ether oxygens (including phenoxy) is 1. The number of rotatable bonds is 8. The molecule has 0 fully saturated rings. The monoisotopic (exact) mass is 307 g/mol. The number of benzene rings is 1. The molecule has 0 aliphatic carbocycles. The van der Waals surface area contributed by atoms with E-state index in [1.807, 2.05) is 13.8 Å². The van der Waals surface area contributed by atoms with E-state index in [0.717, 1.165) is 6.42 Å². The first-order valence-corrected chi connectivity index (χ1v) is 7.47. The lowest BCUT2D eigenvalue weighted by atomic mass is 9.99. The summed E-state index contributed by atoms with van der Waals surface area (Å²) in [5.74, 6) is 0.519. The molecule has 22 heavy (non-hydrogen) atoms. The van der Waals surface area contributed by atoms with E-state index in [1.165, 1.54) is 0 Å². The van der Waals surface area contributed by atoms with Crippen LogP contribution >= 0.6 is 0 Å². The number of carbonyl (C=O) groups is 2. The van der Waals surface area contributed by atoms with Crippen LogP contribution in [0.1, 0.15) is 26.7 Å². The molecule has 122 valence electrons. The van der Waals surface area contributed by atoms with E-state index in [1.54, 1.807) is 31.3 Å². The second-order valence-corrected chi connectivity index (χ2v) is 5.20. The Hall–Kier alpha value is -2.08. The van der Waals surface area contributed by atoms with E-state index in [9.17, 15) is 9.59 Å². The Balaban J connectivity index is 2.47. The van der Waals surface area contributed by atoms with Crippen LogP contribution in [0, 0.1) is 5.92 Å². The molecule has 1 rings (SSSR count). The minimum atomic E-state index is -0.520. The standard InChI is InChI=1S/C16H25N3O3/c1-4-11(2)15(17)16(21)19-12-5-7-13(8-6-12)22-10-9-14(20)18-3/h5-8,11,15H,4,9-10,17H2,1-3H3,(H,18,20)(H,19,21). The Morgan fingerprint density at radius 2 is 1.91 bits per heavy atom. The first-order valence-electron chi connectivity index (χ1n) is 7.47. The van der Waals surface area contributed by atoms with Gasteiger partial charge in [0.1, 0.15) is 5.75 Å². The molecule has 2 amide bonds. The average Bonchev–Trinajstić information content (AvgIpc) is 2.54. The van der Waals surface area contributed by atoms with Crippen LogP contribution in [0.4, 0.5) is 5.69 Å². The highest BCUT2D eigenvalue weighted by atomic mass is 16.5. The molecule has 1 aromatic carbocycles. The van der Waals surface area contributed by atoms with E-state index in [2.05, 4.69) is 10.6 Å². The molecule has 1 aromatic rings. The lowest BCUT2D eigenvalue weighted by Gasteiger charge is -2.17. The number of carbonyl (C=O) groups excluding carboxylic acids is 2. The Kier molecular flexibility index (Phi) is 7.39. The molecule has 6 heteroatoms. The molecule has 4 N–H and O–H groups in total. The fraction of sp³-hybridized carbons (Fsp3) is 0.500. The maximum atomic E-state index is 12.0. The second kappa shape index (κ2) is 9.04. The van der Waals surface area contributed by atoms with Crippen molar-refractivity contribution in [2.24, 2.45) is 11.7 Å². The van der Waals surface area contributed by atoms with Gasteiger partial charge in [0.25, 0.3) is 0 Å². The van der Waals surface area contributed by atoms with Gasteiger partial charge in [-0.15, -0.1) is 0 Å². The molecule has 2 atom stereocenters. The van der Waals surface area contributed by atoms with E-state index >= 15 is 0 Å². The summed E-state index contributed by atoms with van der Waals surface area (Å²) in [5.41, 5.74) is 6.55. The molecular formula is C16H25N3O3. The van der Waals surface area contributed by atoms with Gasteiger partial charge in [-0.1, -0.05) is 20.3 Å². The van der Waals surface area contributed by atoms with Gasteiger partial charge in [-0.2, -0.15) is 0 Å². The summed E-state index contributed by atoms with van der Waals surface area (Å²) in [6, 6.07) is 6.46. The fourth-order valence-corrected chi connectivity index (χ4v) is 1.76. The Morgan fingerprint density at radius 3 is 2.45 bits per heavy atom. The maximum absolute atomic E-state index is 12.0. The number of hydrogen-bond donors (Lipinski definition) is 3. The van der Waals surface area contributed by atoms with Crippen LogP contribution in [0.5, 0.6) is 5.75 Å². The molecule has 0 radical (unpaired) electrons. The predicted octanol–water partition coefficient (Wildman–Crippen LogP) is 1.51.